The molecular weight excluding hydrogens is 417 g/mol. The number of sulfonamides is 1. The van der Waals surface area contributed by atoms with Gasteiger partial charge in [-0.25, -0.2) is 23.1 Å². The minimum atomic E-state index is -4.58. The molecule has 6 nitrogen and oxygen atoms in total. The standard InChI is InChI=1S/C17H16ClF3N4O2S/c1-3-25-14-8-15(17(19,20)21)22-9-13(14)23-16(25)10(2)24-28(26,27)12-6-4-11(18)5-7-12/h4-10,24H,3H2,1-2H3. The van der Waals surface area contributed by atoms with E-state index in [1.54, 1.807) is 13.8 Å². The Balaban J connectivity index is 1.99. The molecule has 3 aromatic rings. The van der Waals surface area contributed by atoms with Crippen LogP contribution >= 0.6 is 11.6 Å². The highest BCUT2D eigenvalue weighted by atomic mass is 35.5. The highest BCUT2D eigenvalue weighted by molar-refractivity contribution is 7.89. The molecule has 0 aliphatic rings. The molecule has 28 heavy (non-hydrogen) atoms. The average Bonchev–Trinajstić information content (AvgIpc) is 2.99. The zero-order valence-electron chi connectivity index (χ0n) is 14.8. The van der Waals surface area contributed by atoms with E-state index in [1.165, 1.54) is 28.8 Å². The van der Waals surface area contributed by atoms with Crippen LogP contribution in [-0.4, -0.2) is 23.0 Å². The molecule has 0 amide bonds. The lowest BCUT2D eigenvalue weighted by atomic mass is 10.3. The predicted molar refractivity (Wildman–Crippen MR) is 98.4 cm³/mol. The second kappa shape index (κ2) is 7.34. The minimum Gasteiger partial charge on any atom is -0.327 e. The summed E-state index contributed by atoms with van der Waals surface area (Å²) in [4.78, 5) is 7.71. The van der Waals surface area contributed by atoms with Gasteiger partial charge in [0.15, 0.2) is 0 Å². The fraction of sp³-hybridized carbons (Fsp3) is 0.294. The first kappa shape index (κ1) is 20.6. The number of nitrogens with one attached hydrogen (secondary N) is 1. The van der Waals surface area contributed by atoms with Crippen molar-refractivity contribution in [2.24, 2.45) is 0 Å². The number of aromatic nitrogens is 3. The van der Waals surface area contributed by atoms with Gasteiger partial charge in [0.05, 0.1) is 22.7 Å². The SMILES string of the molecule is CCn1c(C(C)NS(=O)(=O)c2ccc(Cl)cc2)nc2cnc(C(F)(F)F)cc21. The monoisotopic (exact) mass is 432 g/mol. The van der Waals surface area contributed by atoms with Gasteiger partial charge in [0.2, 0.25) is 10.0 Å². The largest absolute Gasteiger partial charge is 0.433 e. The molecule has 1 N–H and O–H groups in total. The smallest absolute Gasteiger partial charge is 0.327 e. The molecule has 0 aliphatic carbocycles. The van der Waals surface area contributed by atoms with E-state index < -0.39 is 27.9 Å². The van der Waals surface area contributed by atoms with E-state index in [2.05, 4.69) is 14.7 Å². The Bertz CT molecular complexity index is 1110. The average molecular weight is 433 g/mol. The van der Waals surface area contributed by atoms with Crippen LogP contribution in [0.5, 0.6) is 0 Å². The molecule has 2 heterocycles. The molecule has 1 atom stereocenters. The van der Waals surface area contributed by atoms with Crippen molar-refractivity contribution < 1.29 is 21.6 Å². The van der Waals surface area contributed by atoms with Crippen molar-refractivity contribution in [3.8, 4) is 0 Å². The number of pyridine rings is 1. The summed E-state index contributed by atoms with van der Waals surface area (Å²) in [7, 11) is -3.88. The number of fused-ring (bicyclic) bond motifs is 1. The molecule has 1 aromatic carbocycles. The van der Waals surface area contributed by atoms with Crippen molar-refractivity contribution in [1.82, 2.24) is 19.3 Å². The van der Waals surface area contributed by atoms with Crippen molar-refractivity contribution in [2.45, 2.75) is 37.5 Å². The number of alkyl halides is 3. The summed E-state index contributed by atoms with van der Waals surface area (Å²) in [6.07, 6.45) is -3.55. The molecule has 11 heteroatoms. The van der Waals surface area contributed by atoms with E-state index in [1.807, 2.05) is 0 Å². The zero-order valence-corrected chi connectivity index (χ0v) is 16.4. The van der Waals surface area contributed by atoms with Crippen LogP contribution in [0.2, 0.25) is 5.02 Å². The molecule has 0 spiro atoms. The number of hydrogen-bond donors (Lipinski definition) is 1. The summed E-state index contributed by atoms with van der Waals surface area (Å²) in [5.41, 5.74) is -0.546. The lowest BCUT2D eigenvalue weighted by molar-refractivity contribution is -0.141. The first-order valence-corrected chi connectivity index (χ1v) is 10.1. The van der Waals surface area contributed by atoms with Crippen molar-refractivity contribution in [3.05, 3.63) is 53.1 Å². The normalized spacial score (nSPS) is 13.8. The zero-order chi connectivity index (χ0) is 20.7. The van der Waals surface area contributed by atoms with Crippen molar-refractivity contribution >= 4 is 32.7 Å². The Morgan fingerprint density at radius 2 is 1.89 bits per heavy atom. The van der Waals surface area contributed by atoms with Gasteiger partial charge >= 0.3 is 6.18 Å². The lowest BCUT2D eigenvalue weighted by Gasteiger charge is -2.16. The Hall–Kier alpha value is -2.17. The van der Waals surface area contributed by atoms with Crippen LogP contribution in [0.1, 0.15) is 31.4 Å². The summed E-state index contributed by atoms with van der Waals surface area (Å²) in [5, 5.41) is 0.396. The number of halogens is 4. The highest BCUT2D eigenvalue weighted by Gasteiger charge is 2.33. The van der Waals surface area contributed by atoms with Gasteiger partial charge in [-0.15, -0.1) is 0 Å². The molecule has 0 radical (unpaired) electrons. The second-order valence-electron chi connectivity index (χ2n) is 6.07. The number of rotatable bonds is 5. The number of benzene rings is 1. The Morgan fingerprint density at radius 1 is 1.25 bits per heavy atom. The third-order valence-electron chi connectivity index (χ3n) is 4.11. The highest BCUT2D eigenvalue weighted by Crippen LogP contribution is 2.30. The molecule has 2 aromatic heterocycles. The Labute approximate surface area is 164 Å². The van der Waals surface area contributed by atoms with Gasteiger partial charge in [0, 0.05) is 11.6 Å². The summed E-state index contributed by atoms with van der Waals surface area (Å²) in [5.74, 6) is 0.288. The van der Waals surface area contributed by atoms with Gasteiger partial charge in [-0.05, 0) is 44.2 Å². The van der Waals surface area contributed by atoms with Gasteiger partial charge in [-0.3, -0.25) is 0 Å². The molecule has 1 unspecified atom stereocenters. The first-order chi connectivity index (χ1) is 13.0. The van der Waals surface area contributed by atoms with Gasteiger partial charge in [0.1, 0.15) is 17.0 Å². The van der Waals surface area contributed by atoms with Crippen LogP contribution in [0.25, 0.3) is 11.0 Å². The quantitative estimate of drug-likeness (QED) is 0.656. The third-order valence-corrected chi connectivity index (χ3v) is 5.92. The predicted octanol–water partition coefficient (Wildman–Crippen LogP) is 4.16. The van der Waals surface area contributed by atoms with E-state index in [0.29, 0.717) is 11.6 Å². The van der Waals surface area contributed by atoms with E-state index in [-0.39, 0.29) is 21.8 Å². The van der Waals surface area contributed by atoms with Crippen LogP contribution in [0.15, 0.2) is 41.4 Å². The summed E-state index contributed by atoms with van der Waals surface area (Å²) < 4.78 is 68.1. The summed E-state index contributed by atoms with van der Waals surface area (Å²) in [6, 6.07) is 5.75. The van der Waals surface area contributed by atoms with Crippen molar-refractivity contribution in [3.63, 3.8) is 0 Å². The molecule has 0 saturated carbocycles. The molecule has 0 saturated heterocycles. The fourth-order valence-corrected chi connectivity index (χ4v) is 4.16. The topological polar surface area (TPSA) is 76.9 Å². The van der Waals surface area contributed by atoms with Crippen molar-refractivity contribution in [1.29, 1.82) is 0 Å². The van der Waals surface area contributed by atoms with E-state index in [0.717, 1.165) is 12.3 Å². The van der Waals surface area contributed by atoms with E-state index in [9.17, 15) is 21.6 Å². The molecule has 0 fully saturated rings. The molecule has 0 bridgehead atoms. The second-order valence-corrected chi connectivity index (χ2v) is 8.22. The maximum absolute atomic E-state index is 13.0. The van der Waals surface area contributed by atoms with Gasteiger partial charge in [-0.1, -0.05) is 11.6 Å². The van der Waals surface area contributed by atoms with Gasteiger partial charge in [0.25, 0.3) is 0 Å². The number of hydrogen-bond acceptors (Lipinski definition) is 4. The number of nitrogens with zero attached hydrogens (tertiary/aromatic N) is 3. The first-order valence-electron chi connectivity index (χ1n) is 8.24. The van der Waals surface area contributed by atoms with E-state index >= 15 is 0 Å². The maximum Gasteiger partial charge on any atom is 0.433 e. The Kier molecular flexibility index (Phi) is 5.39. The fourth-order valence-electron chi connectivity index (χ4n) is 2.83. The maximum atomic E-state index is 13.0. The molecule has 150 valence electrons. The Morgan fingerprint density at radius 3 is 2.46 bits per heavy atom. The summed E-state index contributed by atoms with van der Waals surface area (Å²) >= 11 is 5.78. The van der Waals surface area contributed by atoms with Crippen LogP contribution in [-0.2, 0) is 22.7 Å². The van der Waals surface area contributed by atoms with Gasteiger partial charge < -0.3 is 4.57 Å². The van der Waals surface area contributed by atoms with Crippen LogP contribution in [0, 0.1) is 0 Å². The van der Waals surface area contributed by atoms with E-state index in [4.69, 9.17) is 11.6 Å². The summed E-state index contributed by atoms with van der Waals surface area (Å²) in [6.45, 7) is 3.61. The van der Waals surface area contributed by atoms with Crippen molar-refractivity contribution in [2.75, 3.05) is 0 Å². The van der Waals surface area contributed by atoms with Gasteiger partial charge in [-0.2, -0.15) is 13.2 Å². The molecule has 0 aliphatic heterocycles. The van der Waals surface area contributed by atoms with Crippen LogP contribution < -0.4 is 4.72 Å². The van der Waals surface area contributed by atoms with Crippen LogP contribution in [0.4, 0.5) is 13.2 Å². The van der Waals surface area contributed by atoms with Crippen LogP contribution in [0.3, 0.4) is 0 Å². The third kappa shape index (κ3) is 3.98. The molecule has 3 rings (SSSR count). The number of aryl methyl sites for hydroxylation is 1. The number of imidazole rings is 1. The molecular formula is C17H16ClF3N4O2S. The lowest BCUT2D eigenvalue weighted by Crippen LogP contribution is -2.28. The minimum absolute atomic E-state index is 0.0175.